The van der Waals surface area contributed by atoms with Crippen LogP contribution in [0.5, 0.6) is 0 Å². The van der Waals surface area contributed by atoms with Crippen LogP contribution in [0, 0.1) is 0 Å². The van der Waals surface area contributed by atoms with Crippen molar-refractivity contribution in [1.29, 1.82) is 0 Å². The summed E-state index contributed by atoms with van der Waals surface area (Å²) in [5.41, 5.74) is 1.86. The van der Waals surface area contributed by atoms with Crippen LogP contribution in [0.2, 0.25) is 0 Å². The second kappa shape index (κ2) is 4.57. The van der Waals surface area contributed by atoms with Gasteiger partial charge in [0.05, 0.1) is 5.69 Å². The summed E-state index contributed by atoms with van der Waals surface area (Å²) in [6, 6.07) is 7.57. The topological polar surface area (TPSA) is 57.0 Å². The molecule has 0 saturated heterocycles. The Hall–Kier alpha value is -2.17. The zero-order valence-corrected chi connectivity index (χ0v) is 8.83. The standard InChI is InChI=1S/C11H11N3O2/c1-9(15)16-6-10-2-4-11(5-3-10)14-8-12-7-13-14/h2-5,7-8H,6H2,1H3. The summed E-state index contributed by atoms with van der Waals surface area (Å²) in [4.78, 5) is 14.5. The maximum Gasteiger partial charge on any atom is 0.302 e. The van der Waals surface area contributed by atoms with Crippen LogP contribution in [-0.4, -0.2) is 20.7 Å². The molecule has 5 nitrogen and oxygen atoms in total. The first-order valence-electron chi connectivity index (χ1n) is 4.83. The van der Waals surface area contributed by atoms with Crippen molar-refractivity contribution in [2.75, 3.05) is 0 Å². The Morgan fingerprint density at radius 1 is 1.38 bits per heavy atom. The SMILES string of the molecule is CC(=O)OCc1ccc(-n2cncn2)cc1. The number of hydrogen-bond acceptors (Lipinski definition) is 4. The molecule has 0 fully saturated rings. The van der Waals surface area contributed by atoms with E-state index in [4.69, 9.17) is 4.74 Å². The Kier molecular flexibility index (Phi) is 2.95. The van der Waals surface area contributed by atoms with Gasteiger partial charge in [-0.1, -0.05) is 12.1 Å². The number of rotatable bonds is 3. The van der Waals surface area contributed by atoms with E-state index < -0.39 is 0 Å². The summed E-state index contributed by atoms with van der Waals surface area (Å²) in [6.07, 6.45) is 3.11. The molecule has 2 rings (SSSR count). The normalized spacial score (nSPS) is 10.1. The lowest BCUT2D eigenvalue weighted by Crippen LogP contribution is -1.99. The molecule has 0 bridgehead atoms. The Labute approximate surface area is 92.7 Å². The van der Waals surface area contributed by atoms with Gasteiger partial charge in [-0.25, -0.2) is 9.67 Å². The zero-order chi connectivity index (χ0) is 11.4. The van der Waals surface area contributed by atoms with Crippen LogP contribution >= 0.6 is 0 Å². The minimum absolute atomic E-state index is 0.277. The molecule has 1 aromatic heterocycles. The van der Waals surface area contributed by atoms with Crippen molar-refractivity contribution in [1.82, 2.24) is 14.8 Å². The van der Waals surface area contributed by atoms with Gasteiger partial charge in [0.15, 0.2) is 0 Å². The fraction of sp³-hybridized carbons (Fsp3) is 0.182. The summed E-state index contributed by atoms with van der Waals surface area (Å²) in [7, 11) is 0. The van der Waals surface area contributed by atoms with E-state index in [2.05, 4.69) is 10.1 Å². The molecule has 0 radical (unpaired) electrons. The van der Waals surface area contributed by atoms with Gasteiger partial charge in [0.25, 0.3) is 0 Å². The second-order valence-electron chi connectivity index (χ2n) is 3.29. The molecular formula is C11H11N3O2. The van der Waals surface area contributed by atoms with Gasteiger partial charge in [-0.15, -0.1) is 0 Å². The van der Waals surface area contributed by atoms with Crippen molar-refractivity contribution in [3.05, 3.63) is 42.5 Å². The minimum Gasteiger partial charge on any atom is -0.461 e. The molecule has 0 aliphatic carbocycles. The van der Waals surface area contributed by atoms with Crippen molar-refractivity contribution in [3.63, 3.8) is 0 Å². The van der Waals surface area contributed by atoms with Gasteiger partial charge in [0.1, 0.15) is 19.3 Å². The third kappa shape index (κ3) is 2.44. The highest BCUT2D eigenvalue weighted by Gasteiger charge is 1.99. The van der Waals surface area contributed by atoms with E-state index in [1.165, 1.54) is 13.3 Å². The van der Waals surface area contributed by atoms with E-state index in [1.54, 1.807) is 11.0 Å². The van der Waals surface area contributed by atoms with Crippen molar-refractivity contribution in [2.24, 2.45) is 0 Å². The molecule has 0 unspecified atom stereocenters. The number of ether oxygens (including phenoxy) is 1. The maximum absolute atomic E-state index is 10.6. The predicted octanol–water partition coefficient (Wildman–Crippen LogP) is 1.33. The van der Waals surface area contributed by atoms with Gasteiger partial charge in [0.2, 0.25) is 0 Å². The number of benzene rings is 1. The Balaban J connectivity index is 2.08. The van der Waals surface area contributed by atoms with Crippen LogP contribution in [0.1, 0.15) is 12.5 Å². The lowest BCUT2D eigenvalue weighted by Gasteiger charge is -2.04. The summed E-state index contributed by atoms with van der Waals surface area (Å²) < 4.78 is 6.55. The van der Waals surface area contributed by atoms with Crippen LogP contribution in [-0.2, 0) is 16.1 Å². The molecule has 0 amide bonds. The monoisotopic (exact) mass is 217 g/mol. The summed E-state index contributed by atoms with van der Waals surface area (Å²) >= 11 is 0. The first kappa shape index (κ1) is 10.4. The molecule has 0 saturated carbocycles. The number of esters is 1. The van der Waals surface area contributed by atoms with Crippen LogP contribution in [0.4, 0.5) is 0 Å². The van der Waals surface area contributed by atoms with Crippen molar-refractivity contribution < 1.29 is 9.53 Å². The minimum atomic E-state index is -0.277. The molecular weight excluding hydrogens is 206 g/mol. The number of hydrogen-bond donors (Lipinski definition) is 0. The van der Waals surface area contributed by atoms with E-state index in [0.29, 0.717) is 6.61 Å². The summed E-state index contributed by atoms with van der Waals surface area (Å²) in [5, 5.41) is 4.01. The average molecular weight is 217 g/mol. The highest BCUT2D eigenvalue weighted by molar-refractivity contribution is 5.65. The molecule has 0 aliphatic rings. The summed E-state index contributed by atoms with van der Waals surface area (Å²) in [5.74, 6) is -0.277. The third-order valence-electron chi connectivity index (χ3n) is 2.06. The van der Waals surface area contributed by atoms with Crippen molar-refractivity contribution in [2.45, 2.75) is 13.5 Å². The fourth-order valence-corrected chi connectivity index (χ4v) is 1.27. The van der Waals surface area contributed by atoms with E-state index >= 15 is 0 Å². The van der Waals surface area contributed by atoms with Gasteiger partial charge >= 0.3 is 5.97 Å². The zero-order valence-electron chi connectivity index (χ0n) is 8.83. The number of nitrogens with zero attached hydrogens (tertiary/aromatic N) is 3. The molecule has 0 aliphatic heterocycles. The number of carbonyl (C=O) groups excluding carboxylic acids is 1. The maximum atomic E-state index is 10.6. The highest BCUT2D eigenvalue weighted by atomic mass is 16.5. The molecule has 0 atom stereocenters. The molecule has 16 heavy (non-hydrogen) atoms. The Bertz CT molecular complexity index is 462. The van der Waals surface area contributed by atoms with Gasteiger partial charge in [-0.2, -0.15) is 5.10 Å². The molecule has 0 spiro atoms. The molecule has 0 N–H and O–H groups in total. The van der Waals surface area contributed by atoms with E-state index in [-0.39, 0.29) is 5.97 Å². The second-order valence-corrected chi connectivity index (χ2v) is 3.29. The summed E-state index contributed by atoms with van der Waals surface area (Å²) in [6.45, 7) is 1.69. The smallest absolute Gasteiger partial charge is 0.302 e. The highest BCUT2D eigenvalue weighted by Crippen LogP contribution is 2.08. The third-order valence-corrected chi connectivity index (χ3v) is 2.06. The van der Waals surface area contributed by atoms with Gasteiger partial charge in [-0.3, -0.25) is 4.79 Å². The Morgan fingerprint density at radius 3 is 2.69 bits per heavy atom. The predicted molar refractivity (Wildman–Crippen MR) is 56.8 cm³/mol. The van der Waals surface area contributed by atoms with Crippen LogP contribution in [0.15, 0.2) is 36.9 Å². The van der Waals surface area contributed by atoms with E-state index in [1.807, 2.05) is 24.3 Å². The van der Waals surface area contributed by atoms with Crippen LogP contribution < -0.4 is 0 Å². The first-order valence-corrected chi connectivity index (χ1v) is 4.83. The van der Waals surface area contributed by atoms with E-state index in [9.17, 15) is 4.79 Å². The van der Waals surface area contributed by atoms with Gasteiger partial charge in [0, 0.05) is 6.92 Å². The van der Waals surface area contributed by atoms with Crippen molar-refractivity contribution in [3.8, 4) is 5.69 Å². The molecule has 2 aromatic rings. The van der Waals surface area contributed by atoms with E-state index in [0.717, 1.165) is 11.3 Å². The quantitative estimate of drug-likeness (QED) is 0.728. The fourth-order valence-electron chi connectivity index (χ4n) is 1.27. The van der Waals surface area contributed by atoms with Crippen molar-refractivity contribution >= 4 is 5.97 Å². The van der Waals surface area contributed by atoms with Crippen LogP contribution in [0.25, 0.3) is 5.69 Å². The first-order chi connectivity index (χ1) is 7.75. The average Bonchev–Trinajstić information content (AvgIpc) is 2.80. The molecule has 1 heterocycles. The largest absolute Gasteiger partial charge is 0.461 e. The molecule has 82 valence electrons. The molecule has 1 aromatic carbocycles. The van der Waals surface area contributed by atoms with Gasteiger partial charge in [-0.05, 0) is 17.7 Å². The number of aromatic nitrogens is 3. The van der Waals surface area contributed by atoms with Crippen LogP contribution in [0.3, 0.4) is 0 Å². The lowest BCUT2D eigenvalue weighted by molar-refractivity contribution is -0.142. The lowest BCUT2D eigenvalue weighted by atomic mass is 10.2. The Morgan fingerprint density at radius 2 is 2.12 bits per heavy atom. The number of carbonyl (C=O) groups is 1. The van der Waals surface area contributed by atoms with Gasteiger partial charge < -0.3 is 4.74 Å². The molecule has 5 heteroatoms.